The van der Waals surface area contributed by atoms with Crippen molar-refractivity contribution in [3.63, 3.8) is 0 Å². The maximum atomic E-state index is 10.8. The smallest absolute Gasteiger partial charge is 0.124 e. The molecule has 1 aliphatic rings. The fourth-order valence-electron chi connectivity index (χ4n) is 2.42. The second-order valence-corrected chi connectivity index (χ2v) is 4.91. The molecule has 1 N–H and O–H groups in total. The molecular weight excluding hydrogens is 216 g/mol. The van der Waals surface area contributed by atoms with Crippen LogP contribution in [0.2, 0.25) is 0 Å². The highest BCUT2D eigenvalue weighted by molar-refractivity contribution is 5.41. The van der Waals surface area contributed by atoms with Gasteiger partial charge in [-0.1, -0.05) is 11.6 Å². The number of hydrogen-bond acceptors (Lipinski definition) is 3. The van der Waals surface area contributed by atoms with Gasteiger partial charge in [-0.3, -0.25) is 0 Å². The third kappa shape index (κ3) is 2.31. The van der Waals surface area contributed by atoms with Gasteiger partial charge in [0.15, 0.2) is 0 Å². The molecule has 0 aromatic heterocycles. The SMILES string of the molecule is COc1ccc(C)cc1C(C)(O)C1CCOC1. The van der Waals surface area contributed by atoms with Crippen LogP contribution in [0.4, 0.5) is 0 Å². The zero-order valence-corrected chi connectivity index (χ0v) is 10.7. The molecule has 3 nitrogen and oxygen atoms in total. The van der Waals surface area contributed by atoms with Gasteiger partial charge in [-0.25, -0.2) is 0 Å². The van der Waals surface area contributed by atoms with E-state index in [1.165, 1.54) is 0 Å². The number of methoxy groups -OCH3 is 1. The topological polar surface area (TPSA) is 38.7 Å². The molecular formula is C14H20O3. The van der Waals surface area contributed by atoms with Crippen LogP contribution in [0.25, 0.3) is 0 Å². The molecule has 2 unspecified atom stereocenters. The van der Waals surface area contributed by atoms with Crippen LogP contribution in [-0.4, -0.2) is 25.4 Å². The summed E-state index contributed by atoms with van der Waals surface area (Å²) < 4.78 is 10.7. The van der Waals surface area contributed by atoms with E-state index in [4.69, 9.17) is 9.47 Å². The number of aliphatic hydroxyl groups is 1. The molecule has 0 spiro atoms. The summed E-state index contributed by atoms with van der Waals surface area (Å²) in [5.41, 5.74) is 1.09. The maximum Gasteiger partial charge on any atom is 0.124 e. The molecule has 1 aliphatic heterocycles. The lowest BCUT2D eigenvalue weighted by atomic mass is 9.81. The predicted molar refractivity (Wildman–Crippen MR) is 66.2 cm³/mol. The lowest BCUT2D eigenvalue weighted by Gasteiger charge is -2.31. The van der Waals surface area contributed by atoms with Crippen molar-refractivity contribution in [3.8, 4) is 5.75 Å². The summed E-state index contributed by atoms with van der Waals surface area (Å²) in [6.45, 7) is 5.22. The Morgan fingerprint density at radius 1 is 1.47 bits per heavy atom. The third-order valence-electron chi connectivity index (χ3n) is 3.62. The molecule has 94 valence electrons. The van der Waals surface area contributed by atoms with Crippen LogP contribution in [0, 0.1) is 12.8 Å². The Balaban J connectivity index is 2.39. The van der Waals surface area contributed by atoms with E-state index in [9.17, 15) is 5.11 Å². The molecule has 0 saturated carbocycles. The molecule has 0 aliphatic carbocycles. The molecule has 1 aromatic carbocycles. The summed E-state index contributed by atoms with van der Waals surface area (Å²) in [5.74, 6) is 0.880. The second kappa shape index (κ2) is 4.67. The van der Waals surface area contributed by atoms with Crippen molar-refractivity contribution >= 4 is 0 Å². The Morgan fingerprint density at radius 2 is 2.24 bits per heavy atom. The lowest BCUT2D eigenvalue weighted by molar-refractivity contribution is -0.0115. The normalized spacial score (nSPS) is 23.4. The van der Waals surface area contributed by atoms with Gasteiger partial charge < -0.3 is 14.6 Å². The van der Waals surface area contributed by atoms with Crippen LogP contribution in [0.1, 0.15) is 24.5 Å². The molecule has 2 atom stereocenters. The highest BCUT2D eigenvalue weighted by Crippen LogP contribution is 2.39. The van der Waals surface area contributed by atoms with Crippen LogP contribution in [0.15, 0.2) is 18.2 Å². The van der Waals surface area contributed by atoms with Gasteiger partial charge >= 0.3 is 0 Å². The van der Waals surface area contributed by atoms with Crippen LogP contribution in [-0.2, 0) is 10.3 Å². The summed E-state index contributed by atoms with van der Waals surface area (Å²) >= 11 is 0. The number of rotatable bonds is 3. The summed E-state index contributed by atoms with van der Waals surface area (Å²) in [4.78, 5) is 0. The van der Waals surface area contributed by atoms with Gasteiger partial charge in [0, 0.05) is 18.1 Å². The van der Waals surface area contributed by atoms with E-state index in [0.717, 1.165) is 29.9 Å². The minimum Gasteiger partial charge on any atom is -0.496 e. The van der Waals surface area contributed by atoms with Gasteiger partial charge in [0.05, 0.1) is 19.3 Å². The molecule has 0 radical (unpaired) electrons. The molecule has 2 rings (SSSR count). The van der Waals surface area contributed by atoms with Crippen molar-refractivity contribution in [3.05, 3.63) is 29.3 Å². The first-order valence-electron chi connectivity index (χ1n) is 6.01. The second-order valence-electron chi connectivity index (χ2n) is 4.91. The van der Waals surface area contributed by atoms with E-state index in [1.54, 1.807) is 7.11 Å². The van der Waals surface area contributed by atoms with E-state index < -0.39 is 5.60 Å². The predicted octanol–water partition coefficient (Wildman–Crippen LogP) is 2.25. The summed E-state index contributed by atoms with van der Waals surface area (Å²) in [6, 6.07) is 5.90. The van der Waals surface area contributed by atoms with Gasteiger partial charge in [-0.15, -0.1) is 0 Å². The first-order valence-corrected chi connectivity index (χ1v) is 6.01. The van der Waals surface area contributed by atoms with Crippen LogP contribution in [0.5, 0.6) is 5.75 Å². The molecule has 1 fully saturated rings. The van der Waals surface area contributed by atoms with E-state index in [1.807, 2.05) is 32.0 Å². The van der Waals surface area contributed by atoms with E-state index >= 15 is 0 Å². The summed E-state index contributed by atoms with van der Waals surface area (Å²) in [6.07, 6.45) is 0.893. The lowest BCUT2D eigenvalue weighted by Crippen LogP contribution is -2.32. The Bertz CT molecular complexity index is 392. The zero-order chi connectivity index (χ0) is 12.5. The van der Waals surface area contributed by atoms with Crippen molar-refractivity contribution < 1.29 is 14.6 Å². The van der Waals surface area contributed by atoms with Crippen LogP contribution >= 0.6 is 0 Å². The van der Waals surface area contributed by atoms with Crippen molar-refractivity contribution in [1.29, 1.82) is 0 Å². The van der Waals surface area contributed by atoms with E-state index in [-0.39, 0.29) is 5.92 Å². The fraction of sp³-hybridized carbons (Fsp3) is 0.571. The summed E-state index contributed by atoms with van der Waals surface area (Å²) in [5, 5.41) is 10.8. The molecule has 17 heavy (non-hydrogen) atoms. The Morgan fingerprint density at radius 3 is 2.82 bits per heavy atom. The average molecular weight is 236 g/mol. The van der Waals surface area contributed by atoms with Crippen molar-refractivity contribution in [2.75, 3.05) is 20.3 Å². The van der Waals surface area contributed by atoms with E-state index in [0.29, 0.717) is 6.61 Å². The number of hydrogen-bond donors (Lipinski definition) is 1. The molecule has 1 aromatic rings. The third-order valence-corrected chi connectivity index (χ3v) is 3.62. The molecule has 1 saturated heterocycles. The molecule has 0 amide bonds. The van der Waals surface area contributed by atoms with Gasteiger partial charge in [0.25, 0.3) is 0 Å². The molecule has 3 heteroatoms. The van der Waals surface area contributed by atoms with Crippen LogP contribution < -0.4 is 4.74 Å². The molecule has 1 heterocycles. The first kappa shape index (κ1) is 12.4. The largest absolute Gasteiger partial charge is 0.496 e. The standard InChI is InChI=1S/C14H20O3/c1-10-4-5-13(16-3)12(8-10)14(2,15)11-6-7-17-9-11/h4-5,8,11,15H,6-7,9H2,1-3H3. The Labute approximate surface area is 102 Å². The van der Waals surface area contributed by atoms with Gasteiger partial charge in [0.1, 0.15) is 5.75 Å². The quantitative estimate of drug-likeness (QED) is 0.874. The van der Waals surface area contributed by atoms with Gasteiger partial charge in [0.2, 0.25) is 0 Å². The van der Waals surface area contributed by atoms with Crippen molar-refractivity contribution in [2.24, 2.45) is 5.92 Å². The Hall–Kier alpha value is -1.06. The van der Waals surface area contributed by atoms with Crippen molar-refractivity contribution in [2.45, 2.75) is 25.9 Å². The zero-order valence-electron chi connectivity index (χ0n) is 10.7. The number of ether oxygens (including phenoxy) is 2. The van der Waals surface area contributed by atoms with Crippen molar-refractivity contribution in [1.82, 2.24) is 0 Å². The monoisotopic (exact) mass is 236 g/mol. The fourth-order valence-corrected chi connectivity index (χ4v) is 2.42. The summed E-state index contributed by atoms with van der Waals surface area (Å²) in [7, 11) is 1.63. The highest BCUT2D eigenvalue weighted by Gasteiger charge is 2.38. The van der Waals surface area contributed by atoms with Gasteiger partial charge in [-0.05, 0) is 32.4 Å². The van der Waals surface area contributed by atoms with Crippen LogP contribution in [0.3, 0.4) is 0 Å². The minimum atomic E-state index is -0.895. The molecule has 0 bridgehead atoms. The average Bonchev–Trinajstić information content (AvgIpc) is 2.83. The first-order chi connectivity index (χ1) is 8.05. The van der Waals surface area contributed by atoms with E-state index in [2.05, 4.69) is 0 Å². The number of aryl methyl sites for hydroxylation is 1. The maximum absolute atomic E-state index is 10.8. The minimum absolute atomic E-state index is 0.137. The highest BCUT2D eigenvalue weighted by atomic mass is 16.5. The number of benzene rings is 1. The Kier molecular flexibility index (Phi) is 3.40. The van der Waals surface area contributed by atoms with Gasteiger partial charge in [-0.2, -0.15) is 0 Å².